The summed E-state index contributed by atoms with van der Waals surface area (Å²) in [4.78, 5) is 4.80. The number of aromatic nitrogens is 1. The molecule has 5 rings (SSSR count). The summed E-state index contributed by atoms with van der Waals surface area (Å²) in [6.45, 7) is 0. The number of para-hydroxylation sites is 1. The molecular formula is C25H19FeN-6. The molecule has 0 fully saturated rings. The number of hydrogen-bond acceptors (Lipinski definition) is 1. The molecule has 1 nitrogen and oxygen atoms in total. The molecule has 0 aliphatic heterocycles. The number of hydrogen-bond donors (Lipinski definition) is 0. The van der Waals surface area contributed by atoms with Crippen molar-refractivity contribution in [3.8, 4) is 22.4 Å². The maximum Gasteiger partial charge on any atom is 0.0688 e. The van der Waals surface area contributed by atoms with Crippen molar-refractivity contribution in [1.82, 2.24) is 4.98 Å². The van der Waals surface area contributed by atoms with Crippen LogP contribution in [0.5, 0.6) is 0 Å². The molecule has 1 heterocycles. The second kappa shape index (κ2) is 9.14. The van der Waals surface area contributed by atoms with Gasteiger partial charge in [-0.15, -0.1) is 12.1 Å². The summed E-state index contributed by atoms with van der Waals surface area (Å²) in [7, 11) is 0. The van der Waals surface area contributed by atoms with Crippen molar-refractivity contribution in [2.24, 2.45) is 0 Å². The molecule has 2 heteroatoms. The van der Waals surface area contributed by atoms with Gasteiger partial charge in [0.2, 0.25) is 0 Å². The van der Waals surface area contributed by atoms with Gasteiger partial charge >= 0.3 is 0 Å². The van der Waals surface area contributed by atoms with Gasteiger partial charge in [0.1, 0.15) is 0 Å². The van der Waals surface area contributed by atoms with E-state index in [-0.39, 0.29) is 17.1 Å². The van der Waals surface area contributed by atoms with Crippen LogP contribution in [0.1, 0.15) is 0 Å². The molecule has 0 bridgehead atoms. The normalized spacial score (nSPS) is 9.93. The van der Waals surface area contributed by atoms with Crippen LogP contribution in [0.25, 0.3) is 33.3 Å². The van der Waals surface area contributed by atoms with E-state index in [0.29, 0.717) is 0 Å². The van der Waals surface area contributed by atoms with Gasteiger partial charge < -0.3 is 30.3 Å². The van der Waals surface area contributed by atoms with Crippen LogP contribution in [0.2, 0.25) is 0 Å². The van der Waals surface area contributed by atoms with Crippen LogP contribution in [-0.4, -0.2) is 4.98 Å². The first-order valence-corrected chi connectivity index (χ1v) is 8.76. The minimum absolute atomic E-state index is 0. The summed E-state index contributed by atoms with van der Waals surface area (Å²) in [5.41, 5.74) is 5.69. The third kappa shape index (κ3) is 4.43. The number of rotatable bonds is 2. The van der Waals surface area contributed by atoms with Crippen molar-refractivity contribution in [3.05, 3.63) is 115 Å². The van der Waals surface area contributed by atoms with E-state index in [1.807, 2.05) is 54.6 Å². The first-order valence-electron chi connectivity index (χ1n) is 8.76. The van der Waals surface area contributed by atoms with Crippen LogP contribution < -0.4 is 0 Å². The summed E-state index contributed by atoms with van der Waals surface area (Å²) < 4.78 is 0. The van der Waals surface area contributed by atoms with Crippen LogP contribution in [-0.2, 0) is 17.1 Å². The summed E-state index contributed by atoms with van der Waals surface area (Å²) in [5.74, 6) is 0. The summed E-state index contributed by atoms with van der Waals surface area (Å²) >= 11 is 0. The molecule has 0 aliphatic rings. The molecule has 0 amide bonds. The van der Waals surface area contributed by atoms with Gasteiger partial charge in [-0.3, -0.25) is 4.98 Å². The van der Waals surface area contributed by atoms with E-state index in [2.05, 4.69) is 60.7 Å². The largest absolute Gasteiger partial charge is 0.748 e. The molecule has 0 saturated heterocycles. The number of benzene rings is 2. The molecule has 4 aromatic carbocycles. The Kier molecular flexibility index (Phi) is 6.38. The molecule has 0 spiro atoms. The Balaban J connectivity index is 0.000000306. The molecule has 0 N–H and O–H groups in total. The fourth-order valence-corrected chi connectivity index (χ4v) is 3.05. The Morgan fingerprint density at radius 3 is 1.93 bits per heavy atom. The third-order valence-electron chi connectivity index (χ3n) is 4.31. The number of pyridine rings is 1. The summed E-state index contributed by atoms with van der Waals surface area (Å²) in [6.07, 6.45) is 0. The number of fused-ring (bicyclic) bond motifs is 1. The summed E-state index contributed by atoms with van der Waals surface area (Å²) in [6, 6.07) is 39.3. The van der Waals surface area contributed by atoms with Crippen molar-refractivity contribution < 1.29 is 17.1 Å². The van der Waals surface area contributed by atoms with Gasteiger partial charge in [-0.25, -0.2) is 0 Å². The van der Waals surface area contributed by atoms with Gasteiger partial charge in [0.25, 0.3) is 0 Å². The van der Waals surface area contributed by atoms with E-state index in [9.17, 15) is 0 Å². The zero-order chi connectivity index (χ0) is 17.6. The first kappa shape index (κ1) is 18.8. The average Bonchev–Trinajstić information content (AvgIpc) is 3.44. The Morgan fingerprint density at radius 2 is 1.26 bits per heavy atom. The predicted molar refractivity (Wildman–Crippen MR) is 110 cm³/mol. The number of nitrogens with zero attached hydrogens (tertiary/aromatic N) is 1. The van der Waals surface area contributed by atoms with Gasteiger partial charge in [-0.05, 0) is 28.3 Å². The third-order valence-corrected chi connectivity index (χ3v) is 4.31. The predicted octanol–water partition coefficient (Wildman–Crippen LogP) is 6.69. The van der Waals surface area contributed by atoms with Crippen LogP contribution in [0.15, 0.2) is 115 Å². The maximum absolute atomic E-state index is 4.80. The van der Waals surface area contributed by atoms with Crippen molar-refractivity contribution >= 4 is 10.9 Å². The molecule has 0 saturated carbocycles. The summed E-state index contributed by atoms with van der Waals surface area (Å²) in [5, 5.41) is 1.19. The second-order valence-corrected chi connectivity index (χ2v) is 6.07. The van der Waals surface area contributed by atoms with E-state index in [1.165, 1.54) is 16.5 Å². The molecule has 0 radical (unpaired) electrons. The maximum atomic E-state index is 4.80. The quantitative estimate of drug-likeness (QED) is 0.242. The molecule has 0 atom stereocenters. The molecule has 0 unspecified atom stereocenters. The van der Waals surface area contributed by atoms with Crippen molar-refractivity contribution in [3.63, 3.8) is 0 Å². The molecule has 138 valence electrons. The van der Waals surface area contributed by atoms with E-state index >= 15 is 0 Å². The average molecular weight is 389 g/mol. The Morgan fingerprint density at radius 1 is 0.667 bits per heavy atom. The van der Waals surface area contributed by atoms with Gasteiger partial charge in [-0.2, -0.15) is 12.1 Å². The van der Waals surface area contributed by atoms with E-state index in [1.54, 1.807) is 0 Å². The van der Waals surface area contributed by atoms with Gasteiger partial charge in [0, 0.05) is 17.1 Å². The topological polar surface area (TPSA) is 12.9 Å². The standard InChI is InChI=1S/C20H14N.C5H5.Fe/c1-2-8-15(9-3-1)18-14-20(16-10-4-5-11-16)21-19-13-7-6-12-17(18)19;1-2-4-5-3-1;/h1-14H;1-5H;/q-1;-5;. The Hall–Kier alpha value is -2.93. The fraction of sp³-hybridized carbons (Fsp3) is 0. The molecule has 27 heavy (non-hydrogen) atoms. The van der Waals surface area contributed by atoms with Crippen LogP contribution >= 0.6 is 0 Å². The van der Waals surface area contributed by atoms with Crippen molar-refractivity contribution in [1.29, 1.82) is 0 Å². The van der Waals surface area contributed by atoms with E-state index < -0.39 is 0 Å². The monoisotopic (exact) mass is 389 g/mol. The molecule has 1 aromatic heterocycles. The van der Waals surface area contributed by atoms with Gasteiger partial charge in [-0.1, -0.05) is 60.2 Å². The fourth-order valence-electron chi connectivity index (χ4n) is 3.05. The van der Waals surface area contributed by atoms with Crippen molar-refractivity contribution in [2.45, 2.75) is 0 Å². The Bertz CT molecular complexity index is 1040. The molecule has 5 aromatic rings. The van der Waals surface area contributed by atoms with E-state index in [0.717, 1.165) is 16.8 Å². The van der Waals surface area contributed by atoms with Crippen LogP contribution in [0, 0.1) is 0 Å². The zero-order valence-electron chi connectivity index (χ0n) is 14.8. The van der Waals surface area contributed by atoms with Gasteiger partial charge in [0.15, 0.2) is 0 Å². The van der Waals surface area contributed by atoms with Crippen molar-refractivity contribution in [2.75, 3.05) is 0 Å². The zero-order valence-corrected chi connectivity index (χ0v) is 15.9. The minimum atomic E-state index is 0. The SMILES string of the molecule is [Fe].[cH-]1[cH-][cH-][cH-][cH-]1.c1ccc(-c2cc(-[c-]3cccc3)nc3ccccc23)cc1. The Labute approximate surface area is 170 Å². The van der Waals surface area contributed by atoms with Gasteiger partial charge in [0.05, 0.1) is 5.52 Å². The minimum Gasteiger partial charge on any atom is -0.748 e. The first-order chi connectivity index (χ1) is 12.9. The smallest absolute Gasteiger partial charge is 0.0688 e. The van der Waals surface area contributed by atoms with E-state index in [4.69, 9.17) is 4.98 Å². The molecular weight excluding hydrogens is 370 g/mol. The van der Waals surface area contributed by atoms with Crippen LogP contribution in [0.3, 0.4) is 0 Å². The molecule has 0 aliphatic carbocycles. The van der Waals surface area contributed by atoms with Crippen LogP contribution in [0.4, 0.5) is 0 Å². The second-order valence-electron chi connectivity index (χ2n) is 6.07.